The van der Waals surface area contributed by atoms with Crippen molar-refractivity contribution in [2.24, 2.45) is 11.8 Å². The molecule has 1 aromatic rings. The van der Waals surface area contributed by atoms with Crippen molar-refractivity contribution in [3.8, 4) is 5.75 Å². The molecule has 1 N–H and O–H groups in total. The van der Waals surface area contributed by atoms with Crippen molar-refractivity contribution >= 4 is 5.91 Å². The molecule has 4 nitrogen and oxygen atoms in total. The second-order valence-corrected chi connectivity index (χ2v) is 5.76. The van der Waals surface area contributed by atoms with Gasteiger partial charge in [0.15, 0.2) is 0 Å². The third kappa shape index (κ3) is 2.66. The minimum atomic E-state index is 0.140. The summed E-state index contributed by atoms with van der Waals surface area (Å²) in [4.78, 5) is 14.5. The average molecular weight is 274 g/mol. The fourth-order valence-corrected chi connectivity index (χ4v) is 3.14. The first kappa shape index (κ1) is 13.4. The minimum Gasteiger partial charge on any atom is -0.494 e. The van der Waals surface area contributed by atoms with Gasteiger partial charge in [-0.3, -0.25) is 4.79 Å². The van der Waals surface area contributed by atoms with E-state index in [4.69, 9.17) is 4.74 Å². The lowest BCUT2D eigenvalue weighted by Gasteiger charge is -2.18. The van der Waals surface area contributed by atoms with E-state index < -0.39 is 0 Å². The van der Waals surface area contributed by atoms with Crippen LogP contribution in [0.25, 0.3) is 0 Å². The fourth-order valence-electron chi connectivity index (χ4n) is 3.14. The Hall–Kier alpha value is -1.55. The second-order valence-electron chi connectivity index (χ2n) is 5.76. The van der Waals surface area contributed by atoms with Crippen LogP contribution in [0.4, 0.5) is 0 Å². The molecule has 1 aromatic carbocycles. The molecule has 0 radical (unpaired) electrons. The van der Waals surface area contributed by atoms with Gasteiger partial charge in [0.25, 0.3) is 5.91 Å². The standard InChI is InChI=1S/C16H22N2O2/c1-2-6-20-15-5-3-4-12(7-15)16(19)18-10-13-8-17-9-14(13)11-18/h3-5,7,13-14,17H,2,6,8-11H2,1H3. The number of likely N-dealkylation sites (tertiary alicyclic amines) is 1. The molecule has 0 aliphatic carbocycles. The second kappa shape index (κ2) is 5.83. The Morgan fingerprint density at radius 2 is 2.10 bits per heavy atom. The number of amides is 1. The van der Waals surface area contributed by atoms with Gasteiger partial charge in [-0.25, -0.2) is 0 Å². The van der Waals surface area contributed by atoms with Crippen molar-refractivity contribution in [3.05, 3.63) is 29.8 Å². The smallest absolute Gasteiger partial charge is 0.254 e. The van der Waals surface area contributed by atoms with Gasteiger partial charge in [-0.2, -0.15) is 0 Å². The highest BCUT2D eigenvalue weighted by atomic mass is 16.5. The summed E-state index contributed by atoms with van der Waals surface area (Å²) in [7, 11) is 0. The van der Waals surface area contributed by atoms with E-state index in [0.717, 1.165) is 43.9 Å². The molecular formula is C16H22N2O2. The summed E-state index contributed by atoms with van der Waals surface area (Å²) in [5.74, 6) is 2.21. The molecule has 4 heteroatoms. The maximum Gasteiger partial charge on any atom is 0.254 e. The van der Waals surface area contributed by atoms with Crippen molar-refractivity contribution in [3.63, 3.8) is 0 Å². The molecule has 0 spiro atoms. The van der Waals surface area contributed by atoms with Gasteiger partial charge in [-0.15, -0.1) is 0 Å². The van der Waals surface area contributed by atoms with E-state index in [9.17, 15) is 4.79 Å². The molecule has 108 valence electrons. The molecular weight excluding hydrogens is 252 g/mol. The summed E-state index contributed by atoms with van der Waals surface area (Å²) in [6.45, 7) is 6.64. The largest absolute Gasteiger partial charge is 0.494 e. The van der Waals surface area contributed by atoms with E-state index in [-0.39, 0.29) is 5.91 Å². The summed E-state index contributed by atoms with van der Waals surface area (Å²) >= 11 is 0. The molecule has 2 aliphatic rings. The van der Waals surface area contributed by atoms with Crippen molar-refractivity contribution in [2.75, 3.05) is 32.8 Å². The maximum atomic E-state index is 12.6. The summed E-state index contributed by atoms with van der Waals surface area (Å²) in [6.07, 6.45) is 0.973. The van der Waals surface area contributed by atoms with Gasteiger partial charge in [0.2, 0.25) is 0 Å². The average Bonchev–Trinajstić information content (AvgIpc) is 3.06. The Morgan fingerprint density at radius 1 is 1.35 bits per heavy atom. The van der Waals surface area contributed by atoms with Gasteiger partial charge < -0.3 is 15.0 Å². The summed E-state index contributed by atoms with van der Waals surface area (Å²) in [5, 5.41) is 3.40. The molecule has 2 aliphatic heterocycles. The van der Waals surface area contributed by atoms with Gasteiger partial charge in [-0.1, -0.05) is 13.0 Å². The quantitative estimate of drug-likeness (QED) is 0.910. The molecule has 2 unspecified atom stereocenters. The Kier molecular flexibility index (Phi) is 3.92. The van der Waals surface area contributed by atoms with Crippen LogP contribution in [-0.2, 0) is 0 Å². The highest BCUT2D eigenvalue weighted by molar-refractivity contribution is 5.94. The summed E-state index contributed by atoms with van der Waals surface area (Å²) in [5.41, 5.74) is 0.742. The van der Waals surface area contributed by atoms with Crippen LogP contribution in [0.5, 0.6) is 5.75 Å². The number of hydrogen-bond donors (Lipinski definition) is 1. The molecule has 0 saturated carbocycles. The maximum absolute atomic E-state index is 12.6. The number of ether oxygens (including phenoxy) is 1. The zero-order valence-corrected chi connectivity index (χ0v) is 12.0. The van der Waals surface area contributed by atoms with E-state index in [2.05, 4.69) is 12.2 Å². The number of carbonyl (C=O) groups is 1. The van der Waals surface area contributed by atoms with Gasteiger partial charge in [0.05, 0.1) is 6.61 Å². The SMILES string of the molecule is CCCOc1cccc(C(=O)N2CC3CNCC3C2)c1. The summed E-state index contributed by atoms with van der Waals surface area (Å²) < 4.78 is 5.60. The third-order valence-electron chi connectivity index (χ3n) is 4.23. The number of fused-ring (bicyclic) bond motifs is 1. The van der Waals surface area contributed by atoms with Crippen LogP contribution in [-0.4, -0.2) is 43.6 Å². The van der Waals surface area contributed by atoms with E-state index in [1.54, 1.807) is 0 Å². The van der Waals surface area contributed by atoms with Crippen LogP contribution in [0.3, 0.4) is 0 Å². The highest BCUT2D eigenvalue weighted by Crippen LogP contribution is 2.27. The number of benzene rings is 1. The van der Waals surface area contributed by atoms with Gasteiger partial charge in [0, 0.05) is 31.7 Å². The van der Waals surface area contributed by atoms with E-state index >= 15 is 0 Å². The van der Waals surface area contributed by atoms with Gasteiger partial charge >= 0.3 is 0 Å². The first-order valence-electron chi connectivity index (χ1n) is 7.50. The Labute approximate surface area is 120 Å². The van der Waals surface area contributed by atoms with Crippen LogP contribution < -0.4 is 10.1 Å². The van der Waals surface area contributed by atoms with Crippen LogP contribution in [0.15, 0.2) is 24.3 Å². The van der Waals surface area contributed by atoms with Crippen LogP contribution in [0.2, 0.25) is 0 Å². The Bertz CT molecular complexity index is 477. The van der Waals surface area contributed by atoms with Crippen molar-refractivity contribution in [1.29, 1.82) is 0 Å². The number of carbonyl (C=O) groups excluding carboxylic acids is 1. The fraction of sp³-hybridized carbons (Fsp3) is 0.562. The number of nitrogens with one attached hydrogen (secondary N) is 1. The number of rotatable bonds is 4. The number of hydrogen-bond acceptors (Lipinski definition) is 3. The Balaban J connectivity index is 1.68. The monoisotopic (exact) mass is 274 g/mol. The zero-order chi connectivity index (χ0) is 13.9. The molecule has 2 fully saturated rings. The van der Waals surface area contributed by atoms with E-state index in [1.165, 1.54) is 0 Å². The van der Waals surface area contributed by atoms with Crippen LogP contribution in [0.1, 0.15) is 23.7 Å². The molecule has 1 amide bonds. The van der Waals surface area contributed by atoms with Gasteiger partial charge in [0.1, 0.15) is 5.75 Å². The van der Waals surface area contributed by atoms with E-state index in [0.29, 0.717) is 18.4 Å². The van der Waals surface area contributed by atoms with Gasteiger partial charge in [-0.05, 0) is 36.5 Å². The molecule has 20 heavy (non-hydrogen) atoms. The van der Waals surface area contributed by atoms with E-state index in [1.807, 2.05) is 29.2 Å². The third-order valence-corrected chi connectivity index (χ3v) is 4.23. The first-order valence-corrected chi connectivity index (χ1v) is 7.50. The summed E-state index contributed by atoms with van der Waals surface area (Å²) in [6, 6.07) is 7.56. The first-order chi connectivity index (χ1) is 9.78. The Morgan fingerprint density at radius 3 is 2.80 bits per heavy atom. The van der Waals surface area contributed by atoms with Crippen molar-refractivity contribution < 1.29 is 9.53 Å². The molecule has 2 atom stereocenters. The predicted octanol–water partition coefficient (Wildman–Crippen LogP) is 1.77. The topological polar surface area (TPSA) is 41.6 Å². The molecule has 0 bridgehead atoms. The zero-order valence-electron chi connectivity index (χ0n) is 12.0. The normalized spacial score (nSPS) is 24.8. The predicted molar refractivity (Wildman–Crippen MR) is 78.0 cm³/mol. The lowest BCUT2D eigenvalue weighted by atomic mass is 10.0. The van der Waals surface area contributed by atoms with Crippen LogP contribution >= 0.6 is 0 Å². The van der Waals surface area contributed by atoms with Crippen molar-refractivity contribution in [2.45, 2.75) is 13.3 Å². The molecule has 2 heterocycles. The van der Waals surface area contributed by atoms with Crippen LogP contribution in [0, 0.1) is 11.8 Å². The number of nitrogens with zero attached hydrogens (tertiary/aromatic N) is 1. The lowest BCUT2D eigenvalue weighted by molar-refractivity contribution is 0.0781. The molecule has 2 saturated heterocycles. The minimum absolute atomic E-state index is 0.140. The molecule has 0 aromatic heterocycles. The highest BCUT2D eigenvalue weighted by Gasteiger charge is 2.38. The molecule has 3 rings (SSSR count). The lowest BCUT2D eigenvalue weighted by Crippen LogP contribution is -2.31. The van der Waals surface area contributed by atoms with Crippen molar-refractivity contribution in [1.82, 2.24) is 10.2 Å².